The van der Waals surface area contributed by atoms with Gasteiger partial charge in [0.25, 0.3) is 5.91 Å². The molecule has 0 aliphatic rings. The maximum Gasteiger partial charge on any atom is 0.262 e. The average molecular weight is 324 g/mol. The summed E-state index contributed by atoms with van der Waals surface area (Å²) in [5.74, 6) is 0.383. The predicted molar refractivity (Wildman–Crippen MR) is 76.2 cm³/mol. The lowest BCUT2D eigenvalue weighted by molar-refractivity contribution is -0.118. The highest BCUT2D eigenvalue weighted by atomic mass is 79.9. The van der Waals surface area contributed by atoms with E-state index in [1.165, 1.54) is 0 Å². The number of amides is 1. The number of aryl methyl sites for hydroxylation is 1. The Labute approximate surface area is 119 Å². The monoisotopic (exact) mass is 323 g/mol. The summed E-state index contributed by atoms with van der Waals surface area (Å²) in [5.41, 5.74) is 0.729. The number of rotatable bonds is 5. The lowest BCUT2D eigenvalue weighted by Crippen LogP contribution is -2.19. The van der Waals surface area contributed by atoms with Gasteiger partial charge in [0.1, 0.15) is 0 Å². The summed E-state index contributed by atoms with van der Waals surface area (Å²) >= 11 is 3.34. The Morgan fingerprint density at radius 2 is 2.37 bits per heavy atom. The first-order valence-electron chi connectivity index (χ1n) is 5.88. The van der Waals surface area contributed by atoms with E-state index in [0.29, 0.717) is 5.75 Å². The normalized spacial score (nSPS) is 10.2. The van der Waals surface area contributed by atoms with Gasteiger partial charge in [-0.3, -0.25) is 9.48 Å². The Morgan fingerprint density at radius 3 is 3.05 bits per heavy atom. The van der Waals surface area contributed by atoms with Crippen molar-refractivity contribution in [3.8, 4) is 5.75 Å². The molecule has 2 aromatic rings. The molecule has 1 aromatic carbocycles. The van der Waals surface area contributed by atoms with Crippen molar-refractivity contribution in [3.63, 3.8) is 0 Å². The Morgan fingerprint density at radius 1 is 1.53 bits per heavy atom. The molecule has 0 aliphatic heterocycles. The van der Waals surface area contributed by atoms with Crippen LogP contribution in [0, 0.1) is 0 Å². The standard InChI is InChI=1S/C13H14BrN3O2/c1-2-17-8-12(7-15-17)19-9-13(18)16-11-5-3-4-10(14)6-11/h3-8H,2,9H2,1H3,(H,16,18). The Balaban J connectivity index is 1.84. The van der Waals surface area contributed by atoms with Gasteiger partial charge in [0, 0.05) is 16.7 Å². The fourth-order valence-corrected chi connectivity index (χ4v) is 1.90. The number of anilines is 1. The van der Waals surface area contributed by atoms with Crippen molar-refractivity contribution in [3.05, 3.63) is 41.1 Å². The van der Waals surface area contributed by atoms with Crippen molar-refractivity contribution in [1.29, 1.82) is 0 Å². The fourth-order valence-electron chi connectivity index (χ4n) is 1.50. The molecule has 0 aliphatic carbocycles. The van der Waals surface area contributed by atoms with Crippen LogP contribution in [0.2, 0.25) is 0 Å². The fraction of sp³-hybridized carbons (Fsp3) is 0.231. The number of hydrogen-bond donors (Lipinski definition) is 1. The maximum atomic E-state index is 11.7. The van der Waals surface area contributed by atoms with E-state index in [-0.39, 0.29) is 12.5 Å². The van der Waals surface area contributed by atoms with Crippen molar-refractivity contribution >= 4 is 27.5 Å². The van der Waals surface area contributed by atoms with Gasteiger partial charge in [-0.1, -0.05) is 22.0 Å². The topological polar surface area (TPSA) is 56.1 Å². The first-order chi connectivity index (χ1) is 9.17. The minimum atomic E-state index is -0.206. The van der Waals surface area contributed by atoms with Gasteiger partial charge in [0.2, 0.25) is 0 Å². The zero-order valence-corrected chi connectivity index (χ0v) is 12.1. The van der Waals surface area contributed by atoms with E-state index in [1.807, 2.05) is 31.2 Å². The highest BCUT2D eigenvalue weighted by Crippen LogP contribution is 2.15. The largest absolute Gasteiger partial charge is 0.480 e. The van der Waals surface area contributed by atoms with Gasteiger partial charge in [-0.25, -0.2) is 0 Å². The lowest BCUT2D eigenvalue weighted by atomic mass is 10.3. The molecule has 19 heavy (non-hydrogen) atoms. The number of hydrogen-bond acceptors (Lipinski definition) is 3. The maximum absolute atomic E-state index is 11.7. The van der Waals surface area contributed by atoms with Gasteiger partial charge in [-0.05, 0) is 25.1 Å². The number of carbonyl (C=O) groups excluding carboxylic acids is 1. The number of nitrogens with zero attached hydrogens (tertiary/aromatic N) is 2. The molecule has 0 spiro atoms. The van der Waals surface area contributed by atoms with Crippen LogP contribution >= 0.6 is 15.9 Å². The molecule has 0 bridgehead atoms. The highest BCUT2D eigenvalue weighted by molar-refractivity contribution is 9.10. The molecule has 1 N–H and O–H groups in total. The van der Waals surface area contributed by atoms with Crippen molar-refractivity contribution in [2.45, 2.75) is 13.5 Å². The molecule has 0 saturated heterocycles. The highest BCUT2D eigenvalue weighted by Gasteiger charge is 2.05. The summed E-state index contributed by atoms with van der Waals surface area (Å²) in [7, 11) is 0. The molecule has 1 aromatic heterocycles. The number of aromatic nitrogens is 2. The molecule has 5 nitrogen and oxygen atoms in total. The van der Waals surface area contributed by atoms with E-state index in [9.17, 15) is 4.79 Å². The third-order valence-electron chi connectivity index (χ3n) is 2.41. The van der Waals surface area contributed by atoms with Crippen molar-refractivity contribution in [2.75, 3.05) is 11.9 Å². The summed E-state index contributed by atoms with van der Waals surface area (Å²) in [4.78, 5) is 11.7. The molecule has 6 heteroatoms. The molecule has 1 heterocycles. The number of nitrogens with one attached hydrogen (secondary N) is 1. The van der Waals surface area contributed by atoms with Gasteiger partial charge in [-0.2, -0.15) is 5.10 Å². The zero-order valence-electron chi connectivity index (χ0n) is 10.5. The van der Waals surface area contributed by atoms with Crippen LogP contribution in [-0.4, -0.2) is 22.3 Å². The second-order valence-electron chi connectivity index (χ2n) is 3.88. The first kappa shape index (κ1) is 13.6. The molecule has 1 amide bonds. The number of halogens is 1. The van der Waals surface area contributed by atoms with Crippen LogP contribution in [-0.2, 0) is 11.3 Å². The van der Waals surface area contributed by atoms with E-state index in [1.54, 1.807) is 17.1 Å². The van der Waals surface area contributed by atoms with Crippen LogP contribution < -0.4 is 10.1 Å². The molecule has 0 fully saturated rings. The second-order valence-corrected chi connectivity index (χ2v) is 4.79. The minimum absolute atomic E-state index is 0.0398. The van der Waals surface area contributed by atoms with Crippen LogP contribution in [0.15, 0.2) is 41.1 Å². The third kappa shape index (κ3) is 4.10. The van der Waals surface area contributed by atoms with Crippen LogP contribution in [0.25, 0.3) is 0 Å². The van der Waals surface area contributed by atoms with Crippen LogP contribution in [0.4, 0.5) is 5.69 Å². The van der Waals surface area contributed by atoms with Gasteiger partial charge in [0.15, 0.2) is 12.4 Å². The van der Waals surface area contributed by atoms with Gasteiger partial charge in [-0.15, -0.1) is 0 Å². The Kier molecular flexibility index (Phi) is 4.57. The van der Waals surface area contributed by atoms with E-state index >= 15 is 0 Å². The molecule has 0 radical (unpaired) electrons. The predicted octanol–water partition coefficient (Wildman–Crippen LogP) is 2.68. The number of benzene rings is 1. The molecule has 2 rings (SSSR count). The smallest absolute Gasteiger partial charge is 0.262 e. The third-order valence-corrected chi connectivity index (χ3v) is 2.91. The quantitative estimate of drug-likeness (QED) is 0.920. The van der Waals surface area contributed by atoms with Crippen molar-refractivity contribution < 1.29 is 9.53 Å². The van der Waals surface area contributed by atoms with Crippen molar-refractivity contribution in [2.24, 2.45) is 0 Å². The number of ether oxygens (including phenoxy) is 1. The zero-order chi connectivity index (χ0) is 13.7. The second kappa shape index (κ2) is 6.38. The van der Waals surface area contributed by atoms with Crippen molar-refractivity contribution in [1.82, 2.24) is 9.78 Å². The van der Waals surface area contributed by atoms with Crippen LogP contribution in [0.3, 0.4) is 0 Å². The molecule has 100 valence electrons. The van der Waals surface area contributed by atoms with E-state index in [4.69, 9.17) is 4.74 Å². The first-order valence-corrected chi connectivity index (χ1v) is 6.67. The van der Waals surface area contributed by atoms with Crippen LogP contribution in [0.1, 0.15) is 6.92 Å². The van der Waals surface area contributed by atoms with E-state index in [0.717, 1.165) is 16.7 Å². The Hall–Kier alpha value is -1.82. The van der Waals surface area contributed by atoms with E-state index in [2.05, 4.69) is 26.3 Å². The summed E-state index contributed by atoms with van der Waals surface area (Å²) in [6.07, 6.45) is 3.35. The van der Waals surface area contributed by atoms with Crippen LogP contribution in [0.5, 0.6) is 5.75 Å². The minimum Gasteiger partial charge on any atom is -0.480 e. The molecular weight excluding hydrogens is 310 g/mol. The molecule has 0 unspecified atom stereocenters. The summed E-state index contributed by atoms with van der Waals surface area (Å²) < 4.78 is 8.00. The SMILES string of the molecule is CCn1cc(OCC(=O)Nc2cccc(Br)c2)cn1. The lowest BCUT2D eigenvalue weighted by Gasteiger charge is -2.06. The van der Waals surface area contributed by atoms with Gasteiger partial charge >= 0.3 is 0 Å². The Bertz CT molecular complexity index is 569. The van der Waals surface area contributed by atoms with Gasteiger partial charge in [0.05, 0.1) is 12.4 Å². The summed E-state index contributed by atoms with van der Waals surface area (Å²) in [6, 6.07) is 7.39. The molecular formula is C13H14BrN3O2. The summed E-state index contributed by atoms with van der Waals surface area (Å²) in [5, 5.41) is 6.81. The molecule has 0 saturated carbocycles. The van der Waals surface area contributed by atoms with E-state index < -0.39 is 0 Å². The molecule has 0 atom stereocenters. The van der Waals surface area contributed by atoms with Gasteiger partial charge < -0.3 is 10.1 Å². The number of carbonyl (C=O) groups is 1. The summed E-state index contributed by atoms with van der Waals surface area (Å²) in [6.45, 7) is 2.71. The average Bonchev–Trinajstić information content (AvgIpc) is 2.84.